The van der Waals surface area contributed by atoms with E-state index in [-0.39, 0.29) is 5.91 Å². The van der Waals surface area contributed by atoms with E-state index in [1.165, 1.54) is 6.42 Å². The summed E-state index contributed by atoms with van der Waals surface area (Å²) in [4.78, 5) is 11.5. The number of hydrogen-bond acceptors (Lipinski definition) is 2. The van der Waals surface area contributed by atoms with Crippen LogP contribution in [0.5, 0.6) is 0 Å². The fourth-order valence-electron chi connectivity index (χ4n) is 1.22. The molecule has 0 unspecified atom stereocenters. The Hall–Kier alpha value is -1.32. The number of carbonyl (C=O) groups is 1. The molecule has 1 amide bonds. The van der Waals surface area contributed by atoms with Gasteiger partial charge < -0.3 is 5.32 Å². The molecule has 0 spiro atoms. The van der Waals surface area contributed by atoms with Crippen molar-refractivity contribution in [2.45, 2.75) is 26.2 Å². The third-order valence-electron chi connectivity index (χ3n) is 2.03. The molecule has 0 radical (unpaired) electrons. The third kappa shape index (κ3) is 3.20. The molecule has 0 aliphatic rings. The van der Waals surface area contributed by atoms with Crippen LogP contribution in [-0.4, -0.2) is 22.2 Å². The highest BCUT2D eigenvalue weighted by Crippen LogP contribution is 1.96. The fraction of sp³-hybridized carbons (Fsp3) is 0.600. The van der Waals surface area contributed by atoms with Crippen molar-refractivity contribution in [1.29, 1.82) is 0 Å². The fourth-order valence-corrected chi connectivity index (χ4v) is 1.22. The SMILES string of the molecule is CCCCCNC(=O)c1cnn(C)c1. The number of unbranched alkanes of at least 4 members (excludes halogenated alkanes) is 2. The van der Waals surface area contributed by atoms with Gasteiger partial charge in [0.2, 0.25) is 0 Å². The number of hydrogen-bond donors (Lipinski definition) is 1. The quantitative estimate of drug-likeness (QED) is 0.721. The van der Waals surface area contributed by atoms with Gasteiger partial charge in [0.25, 0.3) is 5.91 Å². The molecule has 0 fully saturated rings. The molecule has 0 atom stereocenters. The van der Waals surface area contributed by atoms with Crippen LogP contribution >= 0.6 is 0 Å². The first-order valence-electron chi connectivity index (χ1n) is 5.01. The molecule has 0 aliphatic carbocycles. The minimum absolute atomic E-state index is 0.0331. The second kappa shape index (κ2) is 5.42. The molecule has 1 N–H and O–H groups in total. The van der Waals surface area contributed by atoms with Crippen molar-refractivity contribution in [2.24, 2.45) is 7.05 Å². The van der Waals surface area contributed by atoms with Crippen LogP contribution in [0.2, 0.25) is 0 Å². The first-order chi connectivity index (χ1) is 6.74. The Balaban J connectivity index is 2.29. The van der Waals surface area contributed by atoms with Crippen molar-refractivity contribution in [2.75, 3.05) is 6.54 Å². The van der Waals surface area contributed by atoms with Gasteiger partial charge in [-0.2, -0.15) is 5.10 Å². The Morgan fingerprint density at radius 3 is 2.93 bits per heavy atom. The van der Waals surface area contributed by atoms with Gasteiger partial charge in [-0.25, -0.2) is 0 Å². The van der Waals surface area contributed by atoms with Crippen molar-refractivity contribution in [1.82, 2.24) is 15.1 Å². The van der Waals surface area contributed by atoms with Crippen LogP contribution in [0.4, 0.5) is 0 Å². The summed E-state index contributed by atoms with van der Waals surface area (Å²) in [7, 11) is 1.80. The molecule has 14 heavy (non-hydrogen) atoms. The van der Waals surface area contributed by atoms with Crippen molar-refractivity contribution >= 4 is 5.91 Å². The van der Waals surface area contributed by atoms with Gasteiger partial charge in [0.05, 0.1) is 11.8 Å². The zero-order chi connectivity index (χ0) is 10.4. The summed E-state index contributed by atoms with van der Waals surface area (Å²) in [5.74, 6) is -0.0331. The van der Waals surface area contributed by atoms with Gasteiger partial charge >= 0.3 is 0 Å². The van der Waals surface area contributed by atoms with E-state index in [0.29, 0.717) is 5.56 Å². The van der Waals surface area contributed by atoms with Gasteiger partial charge in [-0.1, -0.05) is 19.8 Å². The third-order valence-corrected chi connectivity index (χ3v) is 2.03. The maximum Gasteiger partial charge on any atom is 0.254 e. The van der Waals surface area contributed by atoms with E-state index in [4.69, 9.17) is 0 Å². The van der Waals surface area contributed by atoms with Crippen molar-refractivity contribution in [3.8, 4) is 0 Å². The summed E-state index contributed by atoms with van der Waals surface area (Å²) in [6.45, 7) is 2.89. The van der Waals surface area contributed by atoms with E-state index in [0.717, 1.165) is 19.4 Å². The maximum absolute atomic E-state index is 11.5. The summed E-state index contributed by atoms with van der Waals surface area (Å²) < 4.78 is 1.63. The Labute approximate surface area is 84.3 Å². The van der Waals surface area contributed by atoms with Crippen LogP contribution in [-0.2, 0) is 7.05 Å². The lowest BCUT2D eigenvalue weighted by Gasteiger charge is -2.01. The second-order valence-electron chi connectivity index (χ2n) is 3.37. The Morgan fingerprint density at radius 1 is 1.57 bits per heavy atom. The molecule has 4 heteroatoms. The molecule has 1 aromatic rings. The maximum atomic E-state index is 11.5. The van der Waals surface area contributed by atoms with Crippen LogP contribution in [0.25, 0.3) is 0 Å². The van der Waals surface area contributed by atoms with E-state index in [2.05, 4.69) is 17.3 Å². The Kier molecular flexibility index (Phi) is 4.16. The molecule has 0 bridgehead atoms. The predicted molar refractivity (Wildman–Crippen MR) is 55.1 cm³/mol. The minimum Gasteiger partial charge on any atom is -0.352 e. The highest BCUT2D eigenvalue weighted by atomic mass is 16.1. The lowest BCUT2D eigenvalue weighted by molar-refractivity contribution is 0.0953. The lowest BCUT2D eigenvalue weighted by Crippen LogP contribution is -2.23. The van der Waals surface area contributed by atoms with Gasteiger partial charge in [0.1, 0.15) is 0 Å². The zero-order valence-corrected chi connectivity index (χ0v) is 8.79. The number of amides is 1. The van der Waals surface area contributed by atoms with Gasteiger partial charge in [0, 0.05) is 19.8 Å². The van der Waals surface area contributed by atoms with Crippen LogP contribution in [0.15, 0.2) is 12.4 Å². The highest BCUT2D eigenvalue weighted by Gasteiger charge is 2.05. The number of aromatic nitrogens is 2. The monoisotopic (exact) mass is 195 g/mol. The van der Waals surface area contributed by atoms with E-state index in [9.17, 15) is 4.79 Å². The van der Waals surface area contributed by atoms with Gasteiger partial charge in [0.15, 0.2) is 0 Å². The molecule has 1 heterocycles. The lowest BCUT2D eigenvalue weighted by atomic mass is 10.2. The first-order valence-corrected chi connectivity index (χ1v) is 5.01. The van der Waals surface area contributed by atoms with Crippen LogP contribution < -0.4 is 5.32 Å². The average molecular weight is 195 g/mol. The molecular weight excluding hydrogens is 178 g/mol. The molecule has 4 nitrogen and oxygen atoms in total. The molecule has 0 aliphatic heterocycles. The number of nitrogens with zero attached hydrogens (tertiary/aromatic N) is 2. The van der Waals surface area contributed by atoms with Crippen molar-refractivity contribution < 1.29 is 4.79 Å². The second-order valence-corrected chi connectivity index (χ2v) is 3.37. The smallest absolute Gasteiger partial charge is 0.254 e. The van der Waals surface area contributed by atoms with Crippen molar-refractivity contribution in [3.05, 3.63) is 18.0 Å². The van der Waals surface area contributed by atoms with Gasteiger partial charge in [-0.3, -0.25) is 9.48 Å². The van der Waals surface area contributed by atoms with E-state index in [1.807, 2.05) is 0 Å². The first kappa shape index (κ1) is 10.8. The molecule has 1 rings (SSSR count). The standard InChI is InChI=1S/C10H17N3O/c1-3-4-5-6-11-10(14)9-7-12-13(2)8-9/h7-8H,3-6H2,1-2H3,(H,11,14). The van der Waals surface area contributed by atoms with Gasteiger partial charge in [-0.05, 0) is 6.42 Å². The summed E-state index contributed by atoms with van der Waals surface area (Å²) in [5.41, 5.74) is 0.629. The number of nitrogens with one attached hydrogen (secondary N) is 1. The number of carbonyl (C=O) groups excluding carboxylic acids is 1. The minimum atomic E-state index is -0.0331. The van der Waals surface area contributed by atoms with Crippen LogP contribution in [0.1, 0.15) is 36.5 Å². The molecule has 0 saturated heterocycles. The van der Waals surface area contributed by atoms with Crippen LogP contribution in [0.3, 0.4) is 0 Å². The summed E-state index contributed by atoms with van der Waals surface area (Å²) >= 11 is 0. The number of rotatable bonds is 5. The summed E-state index contributed by atoms with van der Waals surface area (Å²) in [5, 5.41) is 6.79. The molecular formula is C10H17N3O. The van der Waals surface area contributed by atoms with E-state index in [1.54, 1.807) is 24.1 Å². The van der Waals surface area contributed by atoms with Gasteiger partial charge in [-0.15, -0.1) is 0 Å². The summed E-state index contributed by atoms with van der Waals surface area (Å²) in [6, 6.07) is 0. The summed E-state index contributed by atoms with van der Waals surface area (Å²) in [6.07, 6.45) is 6.67. The van der Waals surface area contributed by atoms with E-state index < -0.39 is 0 Å². The van der Waals surface area contributed by atoms with Crippen molar-refractivity contribution in [3.63, 3.8) is 0 Å². The van der Waals surface area contributed by atoms with E-state index >= 15 is 0 Å². The molecule has 0 aromatic carbocycles. The zero-order valence-electron chi connectivity index (χ0n) is 8.79. The average Bonchev–Trinajstić information content (AvgIpc) is 2.59. The predicted octanol–water partition coefficient (Wildman–Crippen LogP) is 1.34. The van der Waals surface area contributed by atoms with Crippen LogP contribution in [0, 0.1) is 0 Å². The Bertz CT molecular complexity index is 293. The Morgan fingerprint density at radius 2 is 2.36 bits per heavy atom. The molecule has 0 saturated carbocycles. The topological polar surface area (TPSA) is 46.9 Å². The largest absolute Gasteiger partial charge is 0.352 e. The molecule has 1 aromatic heterocycles. The molecule has 78 valence electrons. The highest BCUT2D eigenvalue weighted by molar-refractivity contribution is 5.93. The number of aryl methyl sites for hydroxylation is 1. The normalized spacial score (nSPS) is 10.1.